The van der Waals surface area contributed by atoms with Crippen LogP contribution in [-0.4, -0.2) is 33.9 Å². The van der Waals surface area contributed by atoms with Gasteiger partial charge in [-0.25, -0.2) is 9.97 Å². The number of aryl methyl sites for hydroxylation is 1. The van der Waals surface area contributed by atoms with Crippen LogP contribution in [0.15, 0.2) is 30.5 Å². The van der Waals surface area contributed by atoms with E-state index in [4.69, 9.17) is 16.6 Å². The largest absolute Gasteiger partial charge is 0.338 e. The molecule has 1 saturated heterocycles. The molecule has 5 nitrogen and oxygen atoms in total. The third-order valence-electron chi connectivity index (χ3n) is 5.22. The standard InChI is InChI=1S/C20H23ClN4O/c21-16-6-3-14(4-7-16)5-8-19(26)25-11-9-17-15(13-25)12-23-20(24-17)18-2-1-10-22-18/h3-4,6-7,12,18,22H,1-2,5,8-11,13H2/t18-/m1/s1. The Balaban J connectivity index is 1.36. The summed E-state index contributed by atoms with van der Waals surface area (Å²) < 4.78 is 0. The second-order valence-corrected chi connectivity index (χ2v) is 7.48. The smallest absolute Gasteiger partial charge is 0.223 e. The molecule has 6 heteroatoms. The van der Waals surface area contributed by atoms with Crippen molar-refractivity contribution in [1.29, 1.82) is 0 Å². The molecule has 2 aromatic rings. The number of rotatable bonds is 4. The summed E-state index contributed by atoms with van der Waals surface area (Å²) in [5.41, 5.74) is 3.32. The van der Waals surface area contributed by atoms with E-state index >= 15 is 0 Å². The zero-order valence-electron chi connectivity index (χ0n) is 14.7. The van der Waals surface area contributed by atoms with Crippen LogP contribution in [0, 0.1) is 0 Å². The van der Waals surface area contributed by atoms with Crippen molar-refractivity contribution in [3.05, 3.63) is 58.1 Å². The molecule has 136 valence electrons. The fraction of sp³-hybridized carbons (Fsp3) is 0.450. The van der Waals surface area contributed by atoms with Gasteiger partial charge in [0.05, 0.1) is 11.7 Å². The van der Waals surface area contributed by atoms with E-state index in [9.17, 15) is 4.79 Å². The first-order chi connectivity index (χ1) is 12.7. The van der Waals surface area contributed by atoms with Gasteiger partial charge >= 0.3 is 0 Å². The minimum Gasteiger partial charge on any atom is -0.338 e. The van der Waals surface area contributed by atoms with Crippen LogP contribution in [0.2, 0.25) is 5.02 Å². The Morgan fingerprint density at radius 1 is 1.31 bits per heavy atom. The van der Waals surface area contributed by atoms with Crippen molar-refractivity contribution in [3.8, 4) is 0 Å². The topological polar surface area (TPSA) is 58.1 Å². The molecule has 3 heterocycles. The third kappa shape index (κ3) is 3.89. The van der Waals surface area contributed by atoms with Crippen molar-refractivity contribution in [2.24, 2.45) is 0 Å². The predicted octanol–water partition coefficient (Wildman–Crippen LogP) is 3.07. The van der Waals surface area contributed by atoms with Gasteiger partial charge < -0.3 is 10.2 Å². The molecule has 1 fully saturated rings. The summed E-state index contributed by atoms with van der Waals surface area (Å²) >= 11 is 5.91. The molecule has 1 N–H and O–H groups in total. The number of hydrogen-bond acceptors (Lipinski definition) is 4. The Bertz CT molecular complexity index is 787. The molecule has 1 atom stereocenters. The highest BCUT2D eigenvalue weighted by atomic mass is 35.5. The normalized spacial score (nSPS) is 19.4. The number of carbonyl (C=O) groups is 1. The number of amides is 1. The minimum absolute atomic E-state index is 0.187. The highest BCUT2D eigenvalue weighted by Crippen LogP contribution is 2.23. The number of benzene rings is 1. The van der Waals surface area contributed by atoms with Gasteiger partial charge in [-0.15, -0.1) is 0 Å². The molecule has 0 radical (unpaired) electrons. The second kappa shape index (κ2) is 7.72. The number of carbonyl (C=O) groups excluding carboxylic acids is 1. The maximum absolute atomic E-state index is 12.6. The van der Waals surface area contributed by atoms with Gasteiger partial charge in [-0.3, -0.25) is 4.79 Å². The lowest BCUT2D eigenvalue weighted by molar-refractivity contribution is -0.132. The van der Waals surface area contributed by atoms with Crippen LogP contribution in [0.1, 0.15) is 47.9 Å². The summed E-state index contributed by atoms with van der Waals surface area (Å²) in [4.78, 5) is 23.8. The molecule has 0 bridgehead atoms. The monoisotopic (exact) mass is 370 g/mol. The van der Waals surface area contributed by atoms with Gasteiger partial charge in [0, 0.05) is 42.7 Å². The van der Waals surface area contributed by atoms with E-state index in [1.807, 2.05) is 35.4 Å². The lowest BCUT2D eigenvalue weighted by atomic mass is 10.0. The van der Waals surface area contributed by atoms with Gasteiger partial charge in [0.1, 0.15) is 5.82 Å². The number of fused-ring (bicyclic) bond motifs is 1. The van der Waals surface area contributed by atoms with Crippen LogP contribution >= 0.6 is 11.6 Å². The Kier molecular flexibility index (Phi) is 5.18. The van der Waals surface area contributed by atoms with Crippen LogP contribution in [0.4, 0.5) is 0 Å². The van der Waals surface area contributed by atoms with Crippen molar-refractivity contribution in [3.63, 3.8) is 0 Å². The predicted molar refractivity (Wildman–Crippen MR) is 101 cm³/mol. The molecule has 26 heavy (non-hydrogen) atoms. The summed E-state index contributed by atoms with van der Waals surface area (Å²) in [6, 6.07) is 7.99. The number of aromatic nitrogens is 2. The average Bonchev–Trinajstić information content (AvgIpc) is 3.21. The second-order valence-electron chi connectivity index (χ2n) is 7.04. The van der Waals surface area contributed by atoms with E-state index in [1.54, 1.807) is 0 Å². The third-order valence-corrected chi connectivity index (χ3v) is 5.47. The molecule has 4 rings (SSSR count). The van der Waals surface area contributed by atoms with Crippen LogP contribution in [0.25, 0.3) is 0 Å². The SMILES string of the molecule is O=C(CCc1ccc(Cl)cc1)N1CCc2nc([C@H]3CCCN3)ncc2C1. The maximum Gasteiger partial charge on any atom is 0.223 e. The Morgan fingerprint density at radius 2 is 2.15 bits per heavy atom. The quantitative estimate of drug-likeness (QED) is 0.898. The molecule has 1 aromatic heterocycles. The summed E-state index contributed by atoms with van der Waals surface area (Å²) in [6.45, 7) is 2.40. The summed E-state index contributed by atoms with van der Waals surface area (Å²) in [6.07, 6.45) is 6.26. The van der Waals surface area contributed by atoms with E-state index in [-0.39, 0.29) is 5.91 Å². The zero-order chi connectivity index (χ0) is 17.9. The highest BCUT2D eigenvalue weighted by molar-refractivity contribution is 6.30. The Morgan fingerprint density at radius 3 is 2.92 bits per heavy atom. The van der Waals surface area contributed by atoms with Crippen LogP contribution < -0.4 is 5.32 Å². The molecular formula is C20H23ClN4O. The van der Waals surface area contributed by atoms with Gasteiger partial charge in [-0.2, -0.15) is 0 Å². The maximum atomic E-state index is 12.6. The van der Waals surface area contributed by atoms with Crippen molar-refractivity contribution < 1.29 is 4.79 Å². The fourth-order valence-electron chi connectivity index (χ4n) is 3.68. The average molecular weight is 371 g/mol. The van der Waals surface area contributed by atoms with Gasteiger partial charge in [-0.05, 0) is 43.5 Å². The number of nitrogens with one attached hydrogen (secondary N) is 1. The molecule has 0 aliphatic carbocycles. The molecule has 2 aliphatic rings. The fourth-order valence-corrected chi connectivity index (χ4v) is 3.80. The van der Waals surface area contributed by atoms with Crippen LogP contribution in [0.5, 0.6) is 0 Å². The van der Waals surface area contributed by atoms with E-state index in [2.05, 4.69) is 10.3 Å². The van der Waals surface area contributed by atoms with Crippen molar-refractivity contribution >= 4 is 17.5 Å². The first-order valence-electron chi connectivity index (χ1n) is 9.29. The van der Waals surface area contributed by atoms with Crippen molar-refractivity contribution in [1.82, 2.24) is 20.2 Å². The summed E-state index contributed by atoms with van der Waals surface area (Å²) in [7, 11) is 0. The lowest BCUT2D eigenvalue weighted by Gasteiger charge is -2.28. The lowest BCUT2D eigenvalue weighted by Crippen LogP contribution is -2.37. The van der Waals surface area contributed by atoms with E-state index in [0.717, 1.165) is 60.0 Å². The molecule has 1 aromatic carbocycles. The van der Waals surface area contributed by atoms with Gasteiger partial charge in [0.15, 0.2) is 0 Å². The first-order valence-corrected chi connectivity index (χ1v) is 9.67. The van der Waals surface area contributed by atoms with E-state index < -0.39 is 0 Å². The minimum atomic E-state index is 0.187. The Hall–Kier alpha value is -1.98. The van der Waals surface area contributed by atoms with Gasteiger partial charge in [-0.1, -0.05) is 23.7 Å². The molecular weight excluding hydrogens is 348 g/mol. The number of halogens is 1. The van der Waals surface area contributed by atoms with Gasteiger partial charge in [0.2, 0.25) is 5.91 Å². The first kappa shape index (κ1) is 17.4. The summed E-state index contributed by atoms with van der Waals surface area (Å²) in [5.74, 6) is 1.09. The molecule has 2 aliphatic heterocycles. The molecule has 0 saturated carbocycles. The van der Waals surface area contributed by atoms with Gasteiger partial charge in [0.25, 0.3) is 0 Å². The number of nitrogens with zero attached hydrogens (tertiary/aromatic N) is 3. The van der Waals surface area contributed by atoms with Crippen LogP contribution in [-0.2, 0) is 24.2 Å². The Labute approximate surface area is 158 Å². The molecule has 0 spiro atoms. The summed E-state index contributed by atoms with van der Waals surface area (Å²) in [5, 5.41) is 4.17. The van der Waals surface area contributed by atoms with E-state index in [0.29, 0.717) is 19.0 Å². The molecule has 0 unspecified atom stereocenters. The zero-order valence-corrected chi connectivity index (χ0v) is 15.5. The highest BCUT2D eigenvalue weighted by Gasteiger charge is 2.24. The molecule has 1 amide bonds. The van der Waals surface area contributed by atoms with Crippen LogP contribution in [0.3, 0.4) is 0 Å². The number of hydrogen-bond donors (Lipinski definition) is 1. The van der Waals surface area contributed by atoms with Crippen molar-refractivity contribution in [2.75, 3.05) is 13.1 Å². The van der Waals surface area contributed by atoms with Crippen molar-refractivity contribution in [2.45, 2.75) is 44.7 Å². The van der Waals surface area contributed by atoms with E-state index in [1.165, 1.54) is 6.42 Å².